The van der Waals surface area contributed by atoms with Crippen LogP contribution in [0.5, 0.6) is 5.75 Å². The molecule has 0 bridgehead atoms. The zero-order valence-corrected chi connectivity index (χ0v) is 16.5. The Morgan fingerprint density at radius 3 is 2.41 bits per heavy atom. The van der Waals surface area contributed by atoms with E-state index < -0.39 is 0 Å². The molecule has 0 atom stereocenters. The lowest BCUT2D eigenvalue weighted by molar-refractivity contribution is 0.415. The van der Waals surface area contributed by atoms with Crippen molar-refractivity contribution in [2.24, 2.45) is 0 Å². The molecule has 0 aliphatic rings. The van der Waals surface area contributed by atoms with Crippen LogP contribution >= 0.6 is 0 Å². The summed E-state index contributed by atoms with van der Waals surface area (Å²) in [5.41, 5.74) is 3.73. The Morgan fingerprint density at radius 2 is 1.72 bits per heavy atom. The lowest BCUT2D eigenvalue weighted by Crippen LogP contribution is -2.04. The van der Waals surface area contributed by atoms with Gasteiger partial charge in [0.15, 0.2) is 5.65 Å². The van der Waals surface area contributed by atoms with E-state index in [4.69, 9.17) is 14.7 Å². The zero-order valence-electron chi connectivity index (χ0n) is 16.5. The molecule has 2 aromatic carbocycles. The maximum atomic E-state index is 13.1. The first-order chi connectivity index (χ1) is 14.2. The van der Waals surface area contributed by atoms with E-state index in [-0.39, 0.29) is 5.82 Å². The molecule has 0 saturated carbocycles. The number of anilines is 1. The minimum Gasteiger partial charge on any atom is -0.497 e. The van der Waals surface area contributed by atoms with E-state index in [1.807, 2.05) is 36.4 Å². The molecule has 4 rings (SSSR count). The van der Waals surface area contributed by atoms with Gasteiger partial charge in [0.1, 0.15) is 28.7 Å². The number of nitrogens with zero attached hydrogens (tertiary/aromatic N) is 3. The summed E-state index contributed by atoms with van der Waals surface area (Å²) < 4.78 is 20.5. The lowest BCUT2D eigenvalue weighted by Gasteiger charge is -2.09. The number of aryl methyl sites for hydroxylation is 1. The first kappa shape index (κ1) is 18.9. The van der Waals surface area contributed by atoms with Crippen LogP contribution in [0.4, 0.5) is 10.2 Å². The number of ether oxygens (including phenoxy) is 1. The van der Waals surface area contributed by atoms with Gasteiger partial charge in [0.25, 0.3) is 0 Å². The van der Waals surface area contributed by atoms with Crippen LogP contribution in [0.3, 0.4) is 0 Å². The van der Waals surface area contributed by atoms with Gasteiger partial charge in [-0.2, -0.15) is 0 Å². The van der Waals surface area contributed by atoms with Crippen molar-refractivity contribution in [3.05, 3.63) is 72.0 Å². The summed E-state index contributed by atoms with van der Waals surface area (Å²) in [7, 11) is 1.66. The van der Waals surface area contributed by atoms with Crippen molar-refractivity contribution < 1.29 is 9.13 Å². The molecule has 0 unspecified atom stereocenters. The van der Waals surface area contributed by atoms with Gasteiger partial charge in [-0.15, -0.1) is 0 Å². The predicted molar refractivity (Wildman–Crippen MR) is 114 cm³/mol. The van der Waals surface area contributed by atoms with Gasteiger partial charge in [-0.05, 0) is 60.5 Å². The second kappa shape index (κ2) is 8.31. The van der Waals surface area contributed by atoms with Gasteiger partial charge in [-0.1, -0.05) is 19.1 Å². The summed E-state index contributed by atoms with van der Waals surface area (Å²) in [4.78, 5) is 9.61. The van der Waals surface area contributed by atoms with Crippen molar-refractivity contribution in [3.8, 4) is 17.1 Å². The predicted octanol–water partition coefficient (Wildman–Crippen LogP) is 5.27. The van der Waals surface area contributed by atoms with E-state index in [1.165, 1.54) is 12.1 Å². The number of halogens is 1. The molecular formula is C23H23FN4O. The highest BCUT2D eigenvalue weighted by Gasteiger charge is 2.14. The van der Waals surface area contributed by atoms with Crippen LogP contribution in [0, 0.1) is 5.82 Å². The second-order valence-corrected chi connectivity index (χ2v) is 6.83. The van der Waals surface area contributed by atoms with Crippen LogP contribution in [0.2, 0.25) is 0 Å². The Balaban J connectivity index is 1.65. The molecule has 0 aliphatic carbocycles. The summed E-state index contributed by atoms with van der Waals surface area (Å²) in [5.74, 6) is 2.24. The van der Waals surface area contributed by atoms with Crippen LogP contribution in [0.25, 0.3) is 22.6 Å². The van der Waals surface area contributed by atoms with Gasteiger partial charge in [-0.25, -0.2) is 14.4 Å². The molecule has 0 saturated heterocycles. The number of pyridine rings is 1. The summed E-state index contributed by atoms with van der Waals surface area (Å²) in [6.07, 6.45) is 0.976. The average Bonchev–Trinajstić information content (AvgIpc) is 3.11. The number of hydrogen-bond acceptors (Lipinski definition) is 4. The van der Waals surface area contributed by atoms with Crippen LogP contribution in [0.15, 0.2) is 60.7 Å². The molecule has 148 valence electrons. The second-order valence-electron chi connectivity index (χ2n) is 6.83. The van der Waals surface area contributed by atoms with Crippen molar-refractivity contribution in [3.63, 3.8) is 0 Å². The third-order valence-corrected chi connectivity index (χ3v) is 4.77. The van der Waals surface area contributed by atoms with Crippen molar-refractivity contribution in [1.82, 2.24) is 14.5 Å². The van der Waals surface area contributed by atoms with Gasteiger partial charge in [0.2, 0.25) is 0 Å². The summed E-state index contributed by atoms with van der Waals surface area (Å²) in [6.45, 7) is 3.54. The molecule has 29 heavy (non-hydrogen) atoms. The Kier molecular flexibility index (Phi) is 5.42. The monoisotopic (exact) mass is 390 g/mol. The van der Waals surface area contributed by atoms with Gasteiger partial charge >= 0.3 is 0 Å². The molecule has 2 heterocycles. The van der Waals surface area contributed by atoms with E-state index in [0.717, 1.165) is 52.6 Å². The Morgan fingerprint density at radius 1 is 0.966 bits per heavy atom. The quantitative estimate of drug-likeness (QED) is 0.467. The fourth-order valence-corrected chi connectivity index (χ4v) is 3.29. The van der Waals surface area contributed by atoms with E-state index in [2.05, 4.69) is 16.8 Å². The number of methoxy groups -OCH3 is 1. The molecule has 5 nitrogen and oxygen atoms in total. The van der Waals surface area contributed by atoms with Crippen molar-refractivity contribution in [2.45, 2.75) is 26.4 Å². The number of hydrogen-bond donors (Lipinski definition) is 1. The van der Waals surface area contributed by atoms with E-state index in [9.17, 15) is 4.39 Å². The Labute approximate surface area is 169 Å². The fourth-order valence-electron chi connectivity index (χ4n) is 3.29. The molecule has 4 aromatic rings. The maximum absolute atomic E-state index is 13.1. The van der Waals surface area contributed by atoms with Crippen LogP contribution in [-0.2, 0) is 13.1 Å². The van der Waals surface area contributed by atoms with E-state index in [0.29, 0.717) is 6.54 Å². The number of rotatable bonds is 7. The van der Waals surface area contributed by atoms with Crippen LogP contribution < -0.4 is 10.1 Å². The van der Waals surface area contributed by atoms with Crippen molar-refractivity contribution in [1.29, 1.82) is 0 Å². The first-order valence-electron chi connectivity index (χ1n) is 9.68. The standard InChI is InChI=1S/C23H23FN4O/c1-3-14-28-22(17-6-10-19(29-2)11-7-17)26-20-12-13-21(27-23(20)28)25-15-16-4-8-18(24)9-5-16/h4-13H,3,14-15H2,1-2H3,(H,25,27). The molecule has 0 fully saturated rings. The molecule has 0 spiro atoms. The van der Waals surface area contributed by atoms with E-state index >= 15 is 0 Å². The summed E-state index contributed by atoms with van der Waals surface area (Å²) in [6, 6.07) is 18.3. The number of nitrogens with one attached hydrogen (secondary N) is 1. The molecule has 1 N–H and O–H groups in total. The average molecular weight is 390 g/mol. The third-order valence-electron chi connectivity index (χ3n) is 4.77. The molecular weight excluding hydrogens is 367 g/mol. The van der Waals surface area contributed by atoms with E-state index in [1.54, 1.807) is 19.2 Å². The van der Waals surface area contributed by atoms with Gasteiger partial charge in [0, 0.05) is 18.7 Å². The SMILES string of the molecule is CCCn1c(-c2ccc(OC)cc2)nc2ccc(NCc3ccc(F)cc3)nc21. The third kappa shape index (κ3) is 4.06. The summed E-state index contributed by atoms with van der Waals surface area (Å²) >= 11 is 0. The minimum absolute atomic E-state index is 0.233. The largest absolute Gasteiger partial charge is 0.497 e. The highest BCUT2D eigenvalue weighted by atomic mass is 19.1. The number of fused-ring (bicyclic) bond motifs is 1. The normalized spacial score (nSPS) is 11.0. The number of benzene rings is 2. The smallest absolute Gasteiger partial charge is 0.162 e. The maximum Gasteiger partial charge on any atom is 0.162 e. The van der Waals surface area contributed by atoms with Gasteiger partial charge < -0.3 is 14.6 Å². The van der Waals surface area contributed by atoms with Crippen LogP contribution in [-0.4, -0.2) is 21.6 Å². The molecule has 0 aliphatic heterocycles. The lowest BCUT2D eigenvalue weighted by atomic mass is 10.2. The highest BCUT2D eigenvalue weighted by molar-refractivity contribution is 5.79. The molecule has 6 heteroatoms. The number of aromatic nitrogens is 3. The molecule has 2 aromatic heterocycles. The highest BCUT2D eigenvalue weighted by Crippen LogP contribution is 2.27. The van der Waals surface area contributed by atoms with Crippen LogP contribution in [0.1, 0.15) is 18.9 Å². The van der Waals surface area contributed by atoms with Crippen molar-refractivity contribution >= 4 is 17.0 Å². The number of imidazole rings is 1. The topological polar surface area (TPSA) is 52.0 Å². The first-order valence-corrected chi connectivity index (χ1v) is 9.68. The van der Waals surface area contributed by atoms with Gasteiger partial charge in [0.05, 0.1) is 7.11 Å². The minimum atomic E-state index is -0.233. The molecule has 0 radical (unpaired) electrons. The fraction of sp³-hybridized carbons (Fsp3) is 0.217. The Hall–Kier alpha value is -3.41. The van der Waals surface area contributed by atoms with Crippen molar-refractivity contribution in [2.75, 3.05) is 12.4 Å². The molecule has 0 amide bonds. The zero-order chi connectivity index (χ0) is 20.2. The Bertz CT molecular complexity index is 1100. The summed E-state index contributed by atoms with van der Waals surface area (Å²) in [5, 5.41) is 3.31. The van der Waals surface area contributed by atoms with Gasteiger partial charge in [-0.3, -0.25) is 0 Å².